The first-order valence-electron chi connectivity index (χ1n) is 6.42. The van der Waals surface area contributed by atoms with Crippen LogP contribution in [0.15, 0.2) is 29.9 Å². The maximum atomic E-state index is 4.37. The highest BCUT2D eigenvalue weighted by molar-refractivity contribution is 7.10. The van der Waals surface area contributed by atoms with Crippen molar-refractivity contribution in [3.05, 3.63) is 34.8 Å². The third kappa shape index (κ3) is 2.93. The predicted molar refractivity (Wildman–Crippen MR) is 78.1 cm³/mol. The average Bonchev–Trinajstić information content (AvgIpc) is 2.96. The Balaban J connectivity index is 2.14. The van der Waals surface area contributed by atoms with Crippen molar-refractivity contribution in [3.63, 3.8) is 0 Å². The Bertz CT molecular complexity index is 471. The van der Waals surface area contributed by atoms with Gasteiger partial charge in [0.2, 0.25) is 0 Å². The Morgan fingerprint density at radius 1 is 1.28 bits per heavy atom. The van der Waals surface area contributed by atoms with Crippen LogP contribution in [0.4, 0.5) is 5.69 Å². The molecule has 18 heavy (non-hydrogen) atoms. The second-order valence-electron chi connectivity index (χ2n) is 5.18. The quantitative estimate of drug-likeness (QED) is 0.870. The monoisotopic (exact) mass is 263 g/mol. The van der Waals surface area contributed by atoms with Crippen LogP contribution >= 0.6 is 11.3 Å². The predicted octanol–water partition coefficient (Wildman–Crippen LogP) is 4.33. The Morgan fingerprint density at radius 3 is 2.56 bits per heavy atom. The molecule has 2 aromatic heterocycles. The lowest BCUT2D eigenvalue weighted by Gasteiger charge is -2.21. The van der Waals surface area contributed by atoms with Crippen LogP contribution in [0.25, 0.3) is 0 Å². The van der Waals surface area contributed by atoms with Crippen LogP contribution in [-0.4, -0.2) is 9.78 Å². The Labute approximate surface area is 113 Å². The van der Waals surface area contributed by atoms with Crippen LogP contribution in [-0.2, 0) is 0 Å². The first-order chi connectivity index (χ1) is 8.58. The van der Waals surface area contributed by atoms with Gasteiger partial charge in [-0.1, -0.05) is 19.9 Å². The molecule has 2 rings (SSSR count). The van der Waals surface area contributed by atoms with E-state index >= 15 is 0 Å². The molecule has 1 unspecified atom stereocenters. The molecule has 0 saturated heterocycles. The molecule has 0 fully saturated rings. The molecule has 0 aliphatic carbocycles. The van der Waals surface area contributed by atoms with Crippen molar-refractivity contribution in [2.45, 2.75) is 39.8 Å². The standard InChI is InChI=1S/C14H21N3S/c1-10(2)14(13-6-5-7-18-13)16-12-8-15-17(9-12)11(3)4/h5-11,14,16H,1-4H3. The molecule has 0 saturated carbocycles. The van der Waals surface area contributed by atoms with Crippen LogP contribution in [0, 0.1) is 5.92 Å². The average molecular weight is 263 g/mol. The van der Waals surface area contributed by atoms with Gasteiger partial charge in [-0.25, -0.2) is 0 Å². The van der Waals surface area contributed by atoms with Gasteiger partial charge in [0, 0.05) is 17.1 Å². The topological polar surface area (TPSA) is 29.9 Å². The molecule has 0 radical (unpaired) electrons. The number of thiophene rings is 1. The molecule has 0 spiro atoms. The molecule has 0 bridgehead atoms. The molecule has 0 aliphatic heterocycles. The largest absolute Gasteiger partial charge is 0.375 e. The summed E-state index contributed by atoms with van der Waals surface area (Å²) in [7, 11) is 0. The Kier molecular flexibility index (Phi) is 4.07. The molecule has 2 heterocycles. The van der Waals surface area contributed by atoms with Crippen LogP contribution in [0.2, 0.25) is 0 Å². The molecule has 98 valence electrons. The second-order valence-corrected chi connectivity index (χ2v) is 6.16. The van der Waals surface area contributed by atoms with Gasteiger partial charge in [0.15, 0.2) is 0 Å². The highest BCUT2D eigenvalue weighted by Gasteiger charge is 2.17. The molecule has 1 atom stereocenters. The fourth-order valence-electron chi connectivity index (χ4n) is 1.91. The molecular weight excluding hydrogens is 242 g/mol. The van der Waals surface area contributed by atoms with Gasteiger partial charge in [0.25, 0.3) is 0 Å². The number of nitrogens with one attached hydrogen (secondary N) is 1. The smallest absolute Gasteiger partial charge is 0.0731 e. The van der Waals surface area contributed by atoms with Gasteiger partial charge in [-0.05, 0) is 31.2 Å². The van der Waals surface area contributed by atoms with Gasteiger partial charge in [0.1, 0.15) is 0 Å². The molecule has 0 amide bonds. The number of nitrogens with zero attached hydrogens (tertiary/aromatic N) is 2. The first-order valence-corrected chi connectivity index (χ1v) is 7.30. The number of rotatable bonds is 5. The zero-order valence-corrected chi connectivity index (χ0v) is 12.2. The number of aromatic nitrogens is 2. The maximum absolute atomic E-state index is 4.37. The summed E-state index contributed by atoms with van der Waals surface area (Å²) in [6.45, 7) is 8.75. The lowest BCUT2D eigenvalue weighted by molar-refractivity contribution is 0.531. The van der Waals surface area contributed by atoms with Crippen molar-refractivity contribution in [3.8, 4) is 0 Å². The van der Waals surface area contributed by atoms with Crippen molar-refractivity contribution < 1.29 is 0 Å². The van der Waals surface area contributed by atoms with E-state index in [4.69, 9.17) is 0 Å². The number of hydrogen-bond acceptors (Lipinski definition) is 3. The van der Waals surface area contributed by atoms with E-state index in [0.29, 0.717) is 18.0 Å². The van der Waals surface area contributed by atoms with Gasteiger partial charge in [-0.15, -0.1) is 11.3 Å². The van der Waals surface area contributed by atoms with Crippen LogP contribution < -0.4 is 5.32 Å². The van der Waals surface area contributed by atoms with E-state index in [1.807, 2.05) is 10.9 Å². The summed E-state index contributed by atoms with van der Waals surface area (Å²) in [6.07, 6.45) is 3.98. The van der Waals surface area contributed by atoms with Gasteiger partial charge < -0.3 is 5.32 Å². The SMILES string of the molecule is CC(C)C(Nc1cnn(C(C)C)c1)c1cccs1. The molecule has 0 aliphatic rings. The summed E-state index contributed by atoms with van der Waals surface area (Å²) >= 11 is 1.80. The van der Waals surface area contributed by atoms with Gasteiger partial charge in [-0.3, -0.25) is 4.68 Å². The van der Waals surface area contributed by atoms with E-state index in [1.54, 1.807) is 11.3 Å². The summed E-state index contributed by atoms with van der Waals surface area (Å²) in [6, 6.07) is 5.05. The van der Waals surface area contributed by atoms with Crippen molar-refractivity contribution in [1.29, 1.82) is 0 Å². The summed E-state index contributed by atoms with van der Waals surface area (Å²) < 4.78 is 1.98. The zero-order valence-electron chi connectivity index (χ0n) is 11.4. The molecule has 0 aromatic carbocycles. The van der Waals surface area contributed by atoms with Crippen molar-refractivity contribution in [2.75, 3.05) is 5.32 Å². The Morgan fingerprint density at radius 2 is 2.06 bits per heavy atom. The minimum atomic E-state index is 0.356. The summed E-state index contributed by atoms with van der Waals surface area (Å²) in [5, 5.41) is 10.1. The number of hydrogen-bond donors (Lipinski definition) is 1. The third-order valence-corrected chi connectivity index (χ3v) is 3.92. The van der Waals surface area contributed by atoms with Crippen molar-refractivity contribution in [2.24, 2.45) is 5.92 Å². The van der Waals surface area contributed by atoms with E-state index in [2.05, 4.69) is 61.8 Å². The molecule has 2 aromatic rings. The summed E-state index contributed by atoms with van der Waals surface area (Å²) in [5.74, 6) is 0.547. The molecule has 1 N–H and O–H groups in total. The minimum Gasteiger partial charge on any atom is -0.375 e. The Hall–Kier alpha value is -1.29. The van der Waals surface area contributed by atoms with Gasteiger partial charge >= 0.3 is 0 Å². The lowest BCUT2D eigenvalue weighted by Crippen LogP contribution is -2.15. The minimum absolute atomic E-state index is 0.356. The van der Waals surface area contributed by atoms with E-state index in [1.165, 1.54) is 4.88 Å². The first kappa shape index (κ1) is 13.1. The second kappa shape index (κ2) is 5.57. The summed E-state index contributed by atoms with van der Waals surface area (Å²) in [5.41, 5.74) is 1.09. The van der Waals surface area contributed by atoms with E-state index < -0.39 is 0 Å². The fourth-order valence-corrected chi connectivity index (χ4v) is 2.86. The van der Waals surface area contributed by atoms with Crippen LogP contribution in [0.5, 0.6) is 0 Å². The van der Waals surface area contributed by atoms with Crippen LogP contribution in [0.1, 0.15) is 44.7 Å². The normalized spacial score (nSPS) is 13.2. The highest BCUT2D eigenvalue weighted by atomic mass is 32.1. The van der Waals surface area contributed by atoms with Crippen molar-refractivity contribution >= 4 is 17.0 Å². The van der Waals surface area contributed by atoms with E-state index in [9.17, 15) is 0 Å². The lowest BCUT2D eigenvalue weighted by atomic mass is 10.0. The molecule has 4 heteroatoms. The van der Waals surface area contributed by atoms with Crippen LogP contribution in [0.3, 0.4) is 0 Å². The van der Waals surface area contributed by atoms with Gasteiger partial charge in [-0.2, -0.15) is 5.10 Å². The summed E-state index contributed by atoms with van der Waals surface area (Å²) in [4.78, 5) is 1.38. The zero-order chi connectivity index (χ0) is 13.1. The highest BCUT2D eigenvalue weighted by Crippen LogP contribution is 2.29. The number of anilines is 1. The maximum Gasteiger partial charge on any atom is 0.0731 e. The van der Waals surface area contributed by atoms with E-state index in [-0.39, 0.29) is 0 Å². The molecular formula is C14H21N3S. The fraction of sp³-hybridized carbons (Fsp3) is 0.500. The van der Waals surface area contributed by atoms with E-state index in [0.717, 1.165) is 5.69 Å². The van der Waals surface area contributed by atoms with Crippen molar-refractivity contribution in [1.82, 2.24) is 9.78 Å². The van der Waals surface area contributed by atoms with Gasteiger partial charge in [0.05, 0.1) is 17.9 Å². The third-order valence-electron chi connectivity index (χ3n) is 2.97. The molecule has 3 nitrogen and oxygen atoms in total.